The van der Waals surface area contributed by atoms with Crippen molar-refractivity contribution in [3.63, 3.8) is 0 Å². The van der Waals surface area contributed by atoms with E-state index in [-0.39, 0.29) is 11.4 Å². The summed E-state index contributed by atoms with van der Waals surface area (Å²) in [5, 5.41) is 9.18. The Morgan fingerprint density at radius 3 is 2.65 bits per heavy atom. The number of aryl methyl sites for hydroxylation is 2. The third kappa shape index (κ3) is 2.08. The minimum atomic E-state index is -0.430. The second-order valence-electron chi connectivity index (χ2n) is 5.14. The Morgan fingerprint density at radius 2 is 1.90 bits per heavy atom. The number of nitrogen functional groups attached to an aromatic ring is 1. The van der Waals surface area contributed by atoms with E-state index in [1.54, 1.807) is 6.07 Å². The van der Waals surface area contributed by atoms with Gasteiger partial charge in [0.2, 0.25) is 0 Å². The monoisotopic (exact) mass is 265 g/mol. The number of nitriles is 1. The van der Waals surface area contributed by atoms with Gasteiger partial charge in [0.15, 0.2) is 0 Å². The van der Waals surface area contributed by atoms with Gasteiger partial charge >= 0.3 is 0 Å². The van der Waals surface area contributed by atoms with E-state index in [4.69, 9.17) is 5.73 Å². The standard InChI is InChI=1S/C16H15N3O/c17-9-14-13(8-15(18)19-16(14)20)12-6-5-10-3-1-2-4-11(10)7-12/h5-8H,1-4H2,(H3,18,19,20). The number of hydrogen-bond acceptors (Lipinski definition) is 3. The third-order valence-electron chi connectivity index (χ3n) is 3.83. The van der Waals surface area contributed by atoms with E-state index in [1.807, 2.05) is 12.1 Å². The molecule has 3 N–H and O–H groups in total. The fourth-order valence-corrected chi connectivity index (χ4v) is 2.82. The Balaban J connectivity index is 2.19. The number of anilines is 1. The van der Waals surface area contributed by atoms with Crippen LogP contribution in [0, 0.1) is 11.3 Å². The van der Waals surface area contributed by atoms with Gasteiger partial charge in [0.25, 0.3) is 5.56 Å². The summed E-state index contributed by atoms with van der Waals surface area (Å²) in [5.74, 6) is 0.279. The number of fused-ring (bicyclic) bond motifs is 1. The average molecular weight is 265 g/mol. The fourth-order valence-electron chi connectivity index (χ4n) is 2.82. The van der Waals surface area contributed by atoms with Gasteiger partial charge in [-0.1, -0.05) is 18.2 Å². The minimum Gasteiger partial charge on any atom is -0.385 e. The average Bonchev–Trinajstić information content (AvgIpc) is 2.46. The van der Waals surface area contributed by atoms with E-state index < -0.39 is 5.56 Å². The molecule has 0 unspecified atom stereocenters. The van der Waals surface area contributed by atoms with E-state index in [0.29, 0.717) is 5.56 Å². The van der Waals surface area contributed by atoms with Crippen LogP contribution in [0.1, 0.15) is 29.5 Å². The van der Waals surface area contributed by atoms with Gasteiger partial charge in [-0.3, -0.25) is 4.79 Å². The lowest BCUT2D eigenvalue weighted by Gasteiger charge is -2.17. The normalized spacial score (nSPS) is 13.6. The van der Waals surface area contributed by atoms with Gasteiger partial charge < -0.3 is 10.7 Å². The fraction of sp³-hybridized carbons (Fsp3) is 0.250. The van der Waals surface area contributed by atoms with Crippen LogP contribution in [0.15, 0.2) is 29.1 Å². The first kappa shape index (κ1) is 12.5. The number of rotatable bonds is 1. The van der Waals surface area contributed by atoms with Gasteiger partial charge in [-0.25, -0.2) is 0 Å². The highest BCUT2D eigenvalue weighted by Gasteiger charge is 2.14. The molecule has 0 aliphatic heterocycles. The maximum absolute atomic E-state index is 11.8. The molecule has 1 aliphatic carbocycles. The van der Waals surface area contributed by atoms with Crippen LogP contribution in [0.25, 0.3) is 11.1 Å². The molecule has 1 heterocycles. The van der Waals surface area contributed by atoms with E-state index in [0.717, 1.165) is 18.4 Å². The van der Waals surface area contributed by atoms with Gasteiger partial charge in [0.1, 0.15) is 17.5 Å². The van der Waals surface area contributed by atoms with Gasteiger partial charge in [-0.15, -0.1) is 0 Å². The number of nitrogens with one attached hydrogen (secondary N) is 1. The second-order valence-corrected chi connectivity index (χ2v) is 5.14. The van der Waals surface area contributed by atoms with Crippen molar-refractivity contribution in [1.82, 2.24) is 4.98 Å². The summed E-state index contributed by atoms with van der Waals surface area (Å²) in [7, 11) is 0. The Bertz CT molecular complexity index is 768. The van der Waals surface area contributed by atoms with Crippen molar-refractivity contribution in [2.24, 2.45) is 0 Å². The number of hydrogen-bond donors (Lipinski definition) is 2. The Labute approximate surface area is 116 Å². The SMILES string of the molecule is N#Cc1c(-c2ccc3c(c2)CCCC3)cc(N)[nH]c1=O. The van der Waals surface area contributed by atoms with Crippen LogP contribution < -0.4 is 11.3 Å². The molecular formula is C16H15N3O. The van der Waals surface area contributed by atoms with Gasteiger partial charge in [0.05, 0.1) is 0 Å². The number of nitrogens with zero attached hydrogens (tertiary/aromatic N) is 1. The van der Waals surface area contributed by atoms with Crippen LogP contribution in [-0.4, -0.2) is 4.98 Å². The predicted octanol–water partition coefficient (Wildman–Crippen LogP) is 2.37. The van der Waals surface area contributed by atoms with Crippen molar-refractivity contribution >= 4 is 5.82 Å². The Hall–Kier alpha value is -2.54. The number of aromatic nitrogens is 1. The first-order valence-electron chi connectivity index (χ1n) is 6.74. The second kappa shape index (κ2) is 4.86. The molecule has 0 bridgehead atoms. The summed E-state index contributed by atoms with van der Waals surface area (Å²) in [6.45, 7) is 0. The molecule has 0 spiro atoms. The molecule has 1 aromatic heterocycles. The van der Waals surface area contributed by atoms with Crippen molar-refractivity contribution in [1.29, 1.82) is 5.26 Å². The van der Waals surface area contributed by atoms with Crippen molar-refractivity contribution in [3.8, 4) is 17.2 Å². The van der Waals surface area contributed by atoms with Gasteiger partial charge in [0, 0.05) is 5.56 Å². The van der Waals surface area contributed by atoms with Crippen LogP contribution in [0.2, 0.25) is 0 Å². The zero-order valence-electron chi connectivity index (χ0n) is 11.1. The molecule has 0 radical (unpaired) electrons. The van der Waals surface area contributed by atoms with Crippen LogP contribution >= 0.6 is 0 Å². The molecule has 0 amide bonds. The van der Waals surface area contributed by atoms with E-state index in [1.165, 1.54) is 24.0 Å². The zero-order valence-corrected chi connectivity index (χ0v) is 11.1. The zero-order chi connectivity index (χ0) is 14.1. The molecule has 3 rings (SSSR count). The topological polar surface area (TPSA) is 82.7 Å². The summed E-state index contributed by atoms with van der Waals surface area (Å²) >= 11 is 0. The molecule has 2 aromatic rings. The Kier molecular flexibility index (Phi) is 3.03. The number of pyridine rings is 1. The molecule has 1 aliphatic rings. The highest BCUT2D eigenvalue weighted by Crippen LogP contribution is 2.28. The molecule has 0 atom stereocenters. The van der Waals surface area contributed by atoms with Gasteiger partial charge in [-0.2, -0.15) is 5.26 Å². The minimum absolute atomic E-state index is 0.120. The lowest BCUT2D eigenvalue weighted by atomic mass is 9.88. The van der Waals surface area contributed by atoms with Crippen molar-refractivity contribution < 1.29 is 0 Å². The molecule has 0 saturated carbocycles. The number of benzene rings is 1. The van der Waals surface area contributed by atoms with E-state index >= 15 is 0 Å². The summed E-state index contributed by atoms with van der Waals surface area (Å²) in [6.07, 6.45) is 4.59. The smallest absolute Gasteiger partial charge is 0.268 e. The van der Waals surface area contributed by atoms with E-state index in [2.05, 4.69) is 17.1 Å². The molecule has 0 saturated heterocycles. The molecule has 1 aromatic carbocycles. The summed E-state index contributed by atoms with van der Waals surface area (Å²) in [6, 6.07) is 9.79. The molecule has 4 heteroatoms. The van der Waals surface area contributed by atoms with Crippen LogP contribution in [-0.2, 0) is 12.8 Å². The summed E-state index contributed by atoms with van der Waals surface area (Å²) in [4.78, 5) is 14.3. The lowest BCUT2D eigenvalue weighted by Crippen LogP contribution is -2.14. The quantitative estimate of drug-likeness (QED) is 0.830. The summed E-state index contributed by atoms with van der Waals surface area (Å²) in [5.41, 5.74) is 9.57. The van der Waals surface area contributed by atoms with Crippen molar-refractivity contribution in [3.05, 3.63) is 51.3 Å². The molecule has 0 fully saturated rings. The number of nitrogens with two attached hydrogens (primary N) is 1. The van der Waals surface area contributed by atoms with Crippen LogP contribution in [0.3, 0.4) is 0 Å². The molecule has 4 nitrogen and oxygen atoms in total. The lowest BCUT2D eigenvalue weighted by molar-refractivity contribution is 0.686. The first-order valence-corrected chi connectivity index (χ1v) is 6.74. The molecular weight excluding hydrogens is 250 g/mol. The number of H-pyrrole nitrogens is 1. The largest absolute Gasteiger partial charge is 0.385 e. The highest BCUT2D eigenvalue weighted by atomic mass is 16.1. The molecule has 20 heavy (non-hydrogen) atoms. The van der Waals surface area contributed by atoms with Crippen LogP contribution in [0.4, 0.5) is 5.82 Å². The Morgan fingerprint density at radius 1 is 1.15 bits per heavy atom. The van der Waals surface area contributed by atoms with Crippen molar-refractivity contribution in [2.45, 2.75) is 25.7 Å². The first-order chi connectivity index (χ1) is 9.69. The maximum Gasteiger partial charge on any atom is 0.268 e. The highest BCUT2D eigenvalue weighted by molar-refractivity contribution is 5.73. The summed E-state index contributed by atoms with van der Waals surface area (Å²) < 4.78 is 0. The van der Waals surface area contributed by atoms with Crippen LogP contribution in [0.5, 0.6) is 0 Å². The third-order valence-corrected chi connectivity index (χ3v) is 3.83. The molecule has 100 valence electrons. The van der Waals surface area contributed by atoms with E-state index in [9.17, 15) is 10.1 Å². The predicted molar refractivity (Wildman–Crippen MR) is 78.3 cm³/mol. The van der Waals surface area contributed by atoms with Crippen molar-refractivity contribution in [2.75, 3.05) is 5.73 Å². The van der Waals surface area contributed by atoms with Gasteiger partial charge in [-0.05, 0) is 48.4 Å². The number of aromatic amines is 1. The maximum atomic E-state index is 11.8.